The van der Waals surface area contributed by atoms with E-state index in [1.165, 1.54) is 5.56 Å². The molecule has 29 heavy (non-hydrogen) atoms. The zero-order chi connectivity index (χ0) is 19.8. The molecule has 3 heterocycles. The number of nitrogens with zero attached hydrogens (tertiary/aromatic N) is 2. The first-order valence-corrected chi connectivity index (χ1v) is 10.8. The molecule has 0 radical (unpaired) electrons. The molecule has 0 amide bonds. The van der Waals surface area contributed by atoms with E-state index >= 15 is 0 Å². The van der Waals surface area contributed by atoms with Gasteiger partial charge in [-0.15, -0.1) is 11.3 Å². The van der Waals surface area contributed by atoms with Gasteiger partial charge in [-0.1, -0.05) is 12.1 Å². The quantitative estimate of drug-likeness (QED) is 0.550. The fourth-order valence-corrected chi connectivity index (χ4v) is 4.95. The van der Waals surface area contributed by atoms with Gasteiger partial charge in [0, 0.05) is 54.4 Å². The number of hydrogen-bond donors (Lipinski definition) is 1. The third-order valence-electron chi connectivity index (χ3n) is 5.75. The molecule has 0 aliphatic carbocycles. The fourth-order valence-electron chi connectivity index (χ4n) is 4.16. The molecule has 4 aromatic rings. The molecule has 6 heteroatoms. The van der Waals surface area contributed by atoms with Gasteiger partial charge in [-0.05, 0) is 53.1 Å². The number of H-pyrrole nitrogens is 1. The second-order valence-electron chi connectivity index (χ2n) is 7.55. The first-order valence-electron chi connectivity index (χ1n) is 9.92. The van der Waals surface area contributed by atoms with Gasteiger partial charge in [0.25, 0.3) is 0 Å². The number of aromatic nitrogens is 1. The number of nitrogens with one attached hydrogen (secondary N) is 1. The smallest absolute Gasteiger partial charge is 0.248 e. The van der Waals surface area contributed by atoms with Gasteiger partial charge < -0.3 is 9.88 Å². The molecular formula is C23H22FN3OS. The Morgan fingerprint density at radius 2 is 1.83 bits per heavy atom. The fraction of sp³-hybridized carbons (Fsp3) is 0.261. The average molecular weight is 408 g/mol. The van der Waals surface area contributed by atoms with Crippen LogP contribution in [-0.2, 0) is 6.42 Å². The van der Waals surface area contributed by atoms with Gasteiger partial charge in [0.2, 0.25) is 5.56 Å². The van der Waals surface area contributed by atoms with Crippen molar-refractivity contribution in [2.24, 2.45) is 0 Å². The molecule has 1 aliphatic heterocycles. The Morgan fingerprint density at radius 3 is 2.69 bits per heavy atom. The average Bonchev–Trinajstić information content (AvgIpc) is 3.21. The second-order valence-corrected chi connectivity index (χ2v) is 8.50. The summed E-state index contributed by atoms with van der Waals surface area (Å²) in [6.45, 7) is 4.46. The number of aromatic amines is 1. The van der Waals surface area contributed by atoms with Crippen molar-refractivity contribution in [3.05, 3.63) is 75.6 Å². The Labute approximate surface area is 172 Å². The van der Waals surface area contributed by atoms with Crippen LogP contribution in [0.3, 0.4) is 0 Å². The van der Waals surface area contributed by atoms with Crippen LogP contribution >= 0.6 is 11.3 Å². The maximum Gasteiger partial charge on any atom is 0.248 e. The van der Waals surface area contributed by atoms with Gasteiger partial charge in [-0.25, -0.2) is 4.39 Å². The Kier molecular flexibility index (Phi) is 4.81. The maximum atomic E-state index is 14.5. The number of pyridine rings is 1. The van der Waals surface area contributed by atoms with Gasteiger partial charge in [0.05, 0.1) is 5.69 Å². The molecule has 0 bridgehead atoms. The van der Waals surface area contributed by atoms with Crippen molar-refractivity contribution in [2.75, 3.05) is 37.6 Å². The van der Waals surface area contributed by atoms with Crippen LogP contribution in [0.5, 0.6) is 0 Å². The van der Waals surface area contributed by atoms with Crippen LogP contribution in [0.15, 0.2) is 58.7 Å². The molecular weight excluding hydrogens is 385 g/mol. The minimum absolute atomic E-state index is 0.0707. The highest BCUT2D eigenvalue weighted by atomic mass is 32.1. The molecule has 2 aromatic carbocycles. The summed E-state index contributed by atoms with van der Waals surface area (Å²) in [7, 11) is 0. The summed E-state index contributed by atoms with van der Waals surface area (Å²) < 4.78 is 15.7. The van der Waals surface area contributed by atoms with Gasteiger partial charge >= 0.3 is 0 Å². The minimum Gasteiger partial charge on any atom is -0.366 e. The van der Waals surface area contributed by atoms with Crippen LogP contribution in [0.25, 0.3) is 21.0 Å². The van der Waals surface area contributed by atoms with E-state index in [-0.39, 0.29) is 11.4 Å². The SMILES string of the molecule is O=c1ccc2ccc(CCN3CCN(c4c(F)ccc5sccc45)CC3)cc2[nH]1. The molecule has 0 spiro atoms. The van der Waals surface area contributed by atoms with Crippen molar-refractivity contribution in [1.82, 2.24) is 9.88 Å². The summed E-state index contributed by atoms with van der Waals surface area (Å²) >= 11 is 1.66. The summed E-state index contributed by atoms with van der Waals surface area (Å²) in [5, 5.41) is 4.10. The maximum absolute atomic E-state index is 14.5. The molecule has 4 nitrogen and oxygen atoms in total. The minimum atomic E-state index is -0.130. The molecule has 1 fully saturated rings. The lowest BCUT2D eigenvalue weighted by Gasteiger charge is -2.36. The molecule has 1 N–H and O–H groups in total. The molecule has 0 unspecified atom stereocenters. The molecule has 5 rings (SSSR count). The zero-order valence-electron chi connectivity index (χ0n) is 16.0. The molecule has 1 aliphatic rings. The standard InChI is InChI=1S/C23H22FN3OS/c24-19-4-5-21-18(8-14-29-21)23(19)27-12-10-26(11-13-27)9-7-16-1-2-17-3-6-22(28)25-20(17)15-16/h1-6,8,14-15H,7,9-13H2,(H,25,28). The topological polar surface area (TPSA) is 39.3 Å². The number of halogens is 1. The van der Waals surface area contributed by atoms with Crippen LogP contribution in [-0.4, -0.2) is 42.6 Å². The van der Waals surface area contributed by atoms with E-state index in [1.807, 2.05) is 23.6 Å². The Hall–Kier alpha value is -2.70. The molecule has 148 valence electrons. The van der Waals surface area contributed by atoms with E-state index in [0.29, 0.717) is 0 Å². The number of benzene rings is 2. The number of hydrogen-bond acceptors (Lipinski definition) is 4. The largest absolute Gasteiger partial charge is 0.366 e. The predicted molar refractivity (Wildman–Crippen MR) is 119 cm³/mol. The lowest BCUT2D eigenvalue weighted by Crippen LogP contribution is -2.47. The zero-order valence-corrected chi connectivity index (χ0v) is 16.8. The van der Waals surface area contributed by atoms with E-state index in [1.54, 1.807) is 23.5 Å². The molecule has 2 aromatic heterocycles. The van der Waals surface area contributed by atoms with E-state index in [2.05, 4.69) is 33.0 Å². The van der Waals surface area contributed by atoms with Gasteiger partial charge in [-0.2, -0.15) is 0 Å². The molecule has 0 saturated carbocycles. The highest BCUT2D eigenvalue weighted by molar-refractivity contribution is 7.17. The normalized spacial score (nSPS) is 15.4. The molecule has 0 atom stereocenters. The summed E-state index contributed by atoms with van der Waals surface area (Å²) in [6.07, 6.45) is 0.932. The van der Waals surface area contributed by atoms with Gasteiger partial charge in [0.15, 0.2) is 0 Å². The summed E-state index contributed by atoms with van der Waals surface area (Å²) in [4.78, 5) is 19.1. The first kappa shape index (κ1) is 18.3. The number of rotatable bonds is 4. The Bertz CT molecular complexity index is 1220. The third kappa shape index (κ3) is 3.66. The van der Waals surface area contributed by atoms with E-state index < -0.39 is 0 Å². The van der Waals surface area contributed by atoms with Crippen molar-refractivity contribution in [2.45, 2.75) is 6.42 Å². The van der Waals surface area contributed by atoms with Crippen molar-refractivity contribution >= 4 is 38.0 Å². The third-order valence-corrected chi connectivity index (χ3v) is 6.63. The summed E-state index contributed by atoms with van der Waals surface area (Å²) in [5.41, 5.74) is 2.79. The number of anilines is 1. The second kappa shape index (κ2) is 7.61. The van der Waals surface area contributed by atoms with Crippen LogP contribution in [0.2, 0.25) is 0 Å². The Morgan fingerprint density at radius 1 is 1.00 bits per heavy atom. The summed E-state index contributed by atoms with van der Waals surface area (Å²) in [6, 6.07) is 15.1. The number of thiophene rings is 1. The first-order chi connectivity index (χ1) is 14.2. The van der Waals surface area contributed by atoms with Crippen molar-refractivity contribution < 1.29 is 4.39 Å². The van der Waals surface area contributed by atoms with E-state index in [0.717, 1.165) is 65.8 Å². The number of piperazine rings is 1. The van der Waals surface area contributed by atoms with Crippen LogP contribution in [0.1, 0.15) is 5.56 Å². The van der Waals surface area contributed by atoms with Crippen LogP contribution in [0, 0.1) is 5.82 Å². The Balaban J connectivity index is 1.24. The van der Waals surface area contributed by atoms with Crippen LogP contribution in [0.4, 0.5) is 10.1 Å². The highest BCUT2D eigenvalue weighted by Crippen LogP contribution is 2.33. The van der Waals surface area contributed by atoms with Gasteiger partial charge in [0.1, 0.15) is 5.82 Å². The lowest BCUT2D eigenvalue weighted by molar-refractivity contribution is 0.260. The summed E-state index contributed by atoms with van der Waals surface area (Å²) in [5.74, 6) is -0.130. The van der Waals surface area contributed by atoms with E-state index in [4.69, 9.17) is 0 Å². The van der Waals surface area contributed by atoms with Crippen molar-refractivity contribution in [1.29, 1.82) is 0 Å². The van der Waals surface area contributed by atoms with Crippen LogP contribution < -0.4 is 10.5 Å². The van der Waals surface area contributed by atoms with Crippen molar-refractivity contribution in [3.63, 3.8) is 0 Å². The predicted octanol–water partition coefficient (Wildman–Crippen LogP) is 4.25. The van der Waals surface area contributed by atoms with Gasteiger partial charge in [-0.3, -0.25) is 9.69 Å². The lowest BCUT2D eigenvalue weighted by atomic mass is 10.1. The van der Waals surface area contributed by atoms with E-state index in [9.17, 15) is 9.18 Å². The monoisotopic (exact) mass is 407 g/mol. The molecule has 1 saturated heterocycles. The number of fused-ring (bicyclic) bond motifs is 2. The van der Waals surface area contributed by atoms with Crippen molar-refractivity contribution in [3.8, 4) is 0 Å². The highest BCUT2D eigenvalue weighted by Gasteiger charge is 2.21.